The third-order valence-electron chi connectivity index (χ3n) is 5.19. The molecule has 0 bridgehead atoms. The standard InChI is InChI=1S/C20H34O3/c1-15(2)17-8-11-19(4,14-21)18(22)13-16(3)7-6-10-20(5,23)12-9-17/h7,9,12,15,17,21,23H,6,8,10-11,13-14H2,1-5H3/b12-9+,16-7+/t17?,19-,20+/m0/s1. The number of carbonyl (C=O) groups is 1. The number of hydrogen-bond acceptors (Lipinski definition) is 3. The Morgan fingerprint density at radius 2 is 1.96 bits per heavy atom. The van der Waals surface area contributed by atoms with Crippen molar-refractivity contribution in [2.24, 2.45) is 17.3 Å². The predicted molar refractivity (Wildman–Crippen MR) is 95.1 cm³/mol. The lowest BCUT2D eigenvalue weighted by Gasteiger charge is -2.29. The average molecular weight is 322 g/mol. The number of ketones is 1. The first-order chi connectivity index (χ1) is 10.6. The summed E-state index contributed by atoms with van der Waals surface area (Å²) in [5, 5.41) is 20.3. The molecule has 1 aliphatic rings. The highest BCUT2D eigenvalue weighted by Gasteiger charge is 2.33. The first-order valence-electron chi connectivity index (χ1n) is 8.81. The van der Waals surface area contributed by atoms with Crippen LogP contribution in [0.25, 0.3) is 0 Å². The van der Waals surface area contributed by atoms with Crippen molar-refractivity contribution in [1.29, 1.82) is 0 Å². The maximum atomic E-state index is 12.6. The van der Waals surface area contributed by atoms with Gasteiger partial charge in [-0.25, -0.2) is 0 Å². The molecule has 0 fully saturated rings. The molecule has 0 aromatic carbocycles. The first-order valence-corrected chi connectivity index (χ1v) is 8.81. The molecule has 0 saturated carbocycles. The van der Waals surface area contributed by atoms with Gasteiger partial charge < -0.3 is 10.2 Å². The molecule has 132 valence electrons. The summed E-state index contributed by atoms with van der Waals surface area (Å²) < 4.78 is 0. The fourth-order valence-corrected chi connectivity index (χ4v) is 3.01. The molecule has 0 aliphatic heterocycles. The van der Waals surface area contributed by atoms with Crippen LogP contribution in [0.15, 0.2) is 23.8 Å². The Labute approximate surface area is 141 Å². The minimum Gasteiger partial charge on any atom is -0.395 e. The molecule has 3 atom stereocenters. The fraction of sp³-hybridized carbons (Fsp3) is 0.750. The maximum absolute atomic E-state index is 12.6. The van der Waals surface area contributed by atoms with Gasteiger partial charge in [0.1, 0.15) is 5.78 Å². The Morgan fingerprint density at radius 1 is 1.30 bits per heavy atom. The van der Waals surface area contributed by atoms with E-state index in [1.165, 1.54) is 0 Å². The number of rotatable bonds is 2. The molecule has 0 aromatic rings. The number of allylic oxidation sites excluding steroid dienone is 3. The molecule has 0 amide bonds. The number of aliphatic hydroxyl groups is 2. The van der Waals surface area contributed by atoms with Crippen molar-refractivity contribution >= 4 is 5.78 Å². The second-order valence-electron chi connectivity index (χ2n) is 8.07. The van der Waals surface area contributed by atoms with E-state index in [0.29, 0.717) is 31.1 Å². The largest absolute Gasteiger partial charge is 0.395 e. The van der Waals surface area contributed by atoms with Crippen molar-refractivity contribution in [2.45, 2.75) is 72.3 Å². The lowest BCUT2D eigenvalue weighted by atomic mass is 9.76. The Hall–Kier alpha value is -0.930. The summed E-state index contributed by atoms with van der Waals surface area (Å²) >= 11 is 0. The summed E-state index contributed by atoms with van der Waals surface area (Å²) in [5.74, 6) is 0.853. The van der Waals surface area contributed by atoms with Crippen LogP contribution in [0.4, 0.5) is 0 Å². The number of carbonyl (C=O) groups excluding carboxylic acids is 1. The zero-order valence-electron chi connectivity index (χ0n) is 15.4. The van der Waals surface area contributed by atoms with Crippen LogP contribution in [-0.2, 0) is 4.79 Å². The van der Waals surface area contributed by atoms with Gasteiger partial charge in [0.05, 0.1) is 12.2 Å². The zero-order chi connectivity index (χ0) is 17.7. The Bertz CT molecular complexity index is 460. The van der Waals surface area contributed by atoms with Gasteiger partial charge in [-0.1, -0.05) is 44.6 Å². The molecular weight excluding hydrogens is 288 g/mol. The predicted octanol–water partition coefficient (Wildman–Crippen LogP) is 4.04. The van der Waals surface area contributed by atoms with Crippen molar-refractivity contribution in [1.82, 2.24) is 0 Å². The van der Waals surface area contributed by atoms with Crippen molar-refractivity contribution in [3.8, 4) is 0 Å². The first kappa shape index (κ1) is 20.1. The van der Waals surface area contributed by atoms with Crippen LogP contribution in [0.5, 0.6) is 0 Å². The molecule has 0 spiro atoms. The van der Waals surface area contributed by atoms with Crippen LogP contribution < -0.4 is 0 Å². The number of Topliss-reactive ketones (excluding diaryl/α,β-unsaturated/α-hetero) is 1. The number of hydrogen-bond donors (Lipinski definition) is 2. The molecule has 0 heterocycles. The van der Waals surface area contributed by atoms with Crippen LogP contribution >= 0.6 is 0 Å². The summed E-state index contributed by atoms with van der Waals surface area (Å²) in [5.41, 5.74) is -0.469. The van der Waals surface area contributed by atoms with E-state index in [1.54, 1.807) is 0 Å². The zero-order valence-corrected chi connectivity index (χ0v) is 15.4. The minimum atomic E-state index is -0.817. The van der Waals surface area contributed by atoms with Gasteiger partial charge in [0.2, 0.25) is 0 Å². The molecule has 0 radical (unpaired) electrons. The third-order valence-corrected chi connectivity index (χ3v) is 5.19. The molecule has 2 N–H and O–H groups in total. The fourth-order valence-electron chi connectivity index (χ4n) is 3.01. The van der Waals surface area contributed by atoms with Gasteiger partial charge in [-0.15, -0.1) is 0 Å². The molecule has 1 rings (SSSR count). The second-order valence-corrected chi connectivity index (χ2v) is 8.07. The van der Waals surface area contributed by atoms with Gasteiger partial charge in [0, 0.05) is 11.8 Å². The maximum Gasteiger partial charge on any atom is 0.145 e. The summed E-state index contributed by atoms with van der Waals surface area (Å²) in [6.07, 6.45) is 9.35. The molecule has 3 nitrogen and oxygen atoms in total. The highest BCUT2D eigenvalue weighted by molar-refractivity contribution is 5.86. The highest BCUT2D eigenvalue weighted by atomic mass is 16.3. The molecule has 23 heavy (non-hydrogen) atoms. The average Bonchev–Trinajstić information content (AvgIpc) is 2.45. The normalized spacial score (nSPS) is 38.2. The third kappa shape index (κ3) is 6.23. The van der Waals surface area contributed by atoms with Gasteiger partial charge in [0.25, 0.3) is 0 Å². The van der Waals surface area contributed by atoms with Crippen molar-refractivity contribution in [3.05, 3.63) is 23.8 Å². The van der Waals surface area contributed by atoms with Gasteiger partial charge in [-0.3, -0.25) is 4.79 Å². The van der Waals surface area contributed by atoms with E-state index in [9.17, 15) is 15.0 Å². The van der Waals surface area contributed by atoms with Crippen LogP contribution in [0, 0.1) is 17.3 Å². The SMILES string of the molecule is C/C1=C\CC[C@@](C)(O)/C=C/C(C(C)C)CC[C@@](C)(CO)C(=O)C1. The minimum absolute atomic E-state index is 0.106. The Morgan fingerprint density at radius 3 is 2.52 bits per heavy atom. The van der Waals surface area contributed by atoms with E-state index in [1.807, 2.05) is 32.9 Å². The van der Waals surface area contributed by atoms with Crippen LogP contribution in [0.3, 0.4) is 0 Å². The summed E-state index contributed by atoms with van der Waals surface area (Å²) in [6.45, 7) is 9.88. The number of aliphatic hydroxyl groups excluding tert-OH is 1. The van der Waals surface area contributed by atoms with Gasteiger partial charge in [0.15, 0.2) is 0 Å². The van der Waals surface area contributed by atoms with Gasteiger partial charge in [-0.2, -0.15) is 0 Å². The van der Waals surface area contributed by atoms with Crippen LogP contribution in [0.2, 0.25) is 0 Å². The molecule has 1 aliphatic carbocycles. The Kier molecular flexibility index (Phi) is 7.22. The molecule has 0 aromatic heterocycles. The molecular formula is C20H34O3. The topological polar surface area (TPSA) is 57.5 Å². The van der Waals surface area contributed by atoms with E-state index < -0.39 is 11.0 Å². The van der Waals surface area contributed by atoms with Crippen LogP contribution in [-0.4, -0.2) is 28.2 Å². The Balaban J connectivity index is 3.08. The summed E-state index contributed by atoms with van der Waals surface area (Å²) in [6, 6.07) is 0. The lowest BCUT2D eigenvalue weighted by Crippen LogP contribution is -2.32. The second kappa shape index (κ2) is 8.25. The van der Waals surface area contributed by atoms with E-state index in [2.05, 4.69) is 19.9 Å². The summed E-state index contributed by atoms with van der Waals surface area (Å²) in [4.78, 5) is 12.6. The monoisotopic (exact) mass is 322 g/mol. The van der Waals surface area contributed by atoms with E-state index in [-0.39, 0.29) is 12.4 Å². The van der Waals surface area contributed by atoms with E-state index in [4.69, 9.17) is 0 Å². The molecule has 3 heteroatoms. The highest BCUT2D eigenvalue weighted by Crippen LogP contribution is 2.32. The van der Waals surface area contributed by atoms with Crippen LogP contribution in [0.1, 0.15) is 66.7 Å². The molecule has 1 unspecified atom stereocenters. The van der Waals surface area contributed by atoms with E-state index >= 15 is 0 Å². The van der Waals surface area contributed by atoms with Gasteiger partial charge >= 0.3 is 0 Å². The molecule has 0 saturated heterocycles. The lowest BCUT2D eigenvalue weighted by molar-refractivity contribution is -0.130. The van der Waals surface area contributed by atoms with Crippen molar-refractivity contribution < 1.29 is 15.0 Å². The van der Waals surface area contributed by atoms with Crippen molar-refractivity contribution in [2.75, 3.05) is 6.61 Å². The van der Waals surface area contributed by atoms with Gasteiger partial charge in [-0.05, 0) is 51.4 Å². The smallest absolute Gasteiger partial charge is 0.145 e. The quantitative estimate of drug-likeness (QED) is 0.754. The van der Waals surface area contributed by atoms with E-state index in [0.717, 1.165) is 18.4 Å². The van der Waals surface area contributed by atoms with Crippen molar-refractivity contribution in [3.63, 3.8) is 0 Å². The summed E-state index contributed by atoms with van der Waals surface area (Å²) in [7, 11) is 0.